The van der Waals surface area contributed by atoms with E-state index < -0.39 is 5.54 Å². The van der Waals surface area contributed by atoms with Crippen molar-refractivity contribution in [1.29, 1.82) is 0 Å². The van der Waals surface area contributed by atoms with Crippen LogP contribution in [-0.4, -0.2) is 35.4 Å². The van der Waals surface area contributed by atoms with Gasteiger partial charge in [-0.2, -0.15) is 0 Å². The van der Waals surface area contributed by atoms with Crippen molar-refractivity contribution >= 4 is 33.7 Å². The molecule has 0 aromatic carbocycles. The van der Waals surface area contributed by atoms with E-state index in [9.17, 15) is 4.79 Å². The van der Waals surface area contributed by atoms with Crippen LogP contribution < -0.4 is 5.32 Å². The van der Waals surface area contributed by atoms with Gasteiger partial charge in [-0.15, -0.1) is 11.8 Å². The average molecular weight is 373 g/mol. The lowest BCUT2D eigenvalue weighted by Gasteiger charge is -2.38. The number of thioether (sulfide) groups is 1. The number of hydrogen-bond acceptors (Lipinski definition) is 5. The van der Waals surface area contributed by atoms with Gasteiger partial charge in [0.05, 0.1) is 11.6 Å². The number of esters is 1. The van der Waals surface area contributed by atoms with E-state index in [1.165, 1.54) is 0 Å². The highest BCUT2D eigenvalue weighted by Gasteiger charge is 2.43. The molecule has 0 bridgehead atoms. The third kappa shape index (κ3) is 4.20. The first-order valence-corrected chi connectivity index (χ1v) is 8.91. The summed E-state index contributed by atoms with van der Waals surface area (Å²) >= 11 is 5.14. The van der Waals surface area contributed by atoms with Crippen molar-refractivity contribution in [2.75, 3.05) is 13.7 Å². The molecule has 21 heavy (non-hydrogen) atoms. The Morgan fingerprint density at radius 2 is 2.43 bits per heavy atom. The van der Waals surface area contributed by atoms with Crippen LogP contribution in [-0.2, 0) is 9.53 Å². The largest absolute Gasteiger partial charge is 0.465 e. The zero-order valence-electron chi connectivity index (χ0n) is 12.4. The monoisotopic (exact) mass is 372 g/mol. The molecule has 1 aliphatic rings. The van der Waals surface area contributed by atoms with E-state index in [-0.39, 0.29) is 5.97 Å². The number of carbonyl (C=O) groups is 1. The molecule has 0 aliphatic heterocycles. The van der Waals surface area contributed by atoms with Gasteiger partial charge in [0.25, 0.3) is 0 Å². The molecule has 1 saturated carbocycles. The molecule has 2 unspecified atom stereocenters. The van der Waals surface area contributed by atoms with E-state index >= 15 is 0 Å². The van der Waals surface area contributed by atoms with E-state index in [2.05, 4.69) is 26.2 Å². The number of likely N-dealkylation sites (N-methyl/N-ethyl adjacent to an activating group) is 1. The fourth-order valence-corrected chi connectivity index (χ4v) is 4.20. The summed E-state index contributed by atoms with van der Waals surface area (Å²) in [6.45, 7) is 2.27. The maximum absolute atomic E-state index is 12.3. The van der Waals surface area contributed by atoms with Gasteiger partial charge in [-0.05, 0) is 67.7 Å². The Morgan fingerprint density at radius 1 is 1.62 bits per heavy atom. The van der Waals surface area contributed by atoms with Crippen molar-refractivity contribution in [2.24, 2.45) is 0 Å². The van der Waals surface area contributed by atoms with Gasteiger partial charge in [-0.25, -0.2) is 4.98 Å². The SMILES string of the molecule is CCOC(=O)C1(NC)CCCC(Sc2ccc(Br)cn2)C1. The number of nitrogens with one attached hydrogen (secondary N) is 1. The first-order chi connectivity index (χ1) is 10.1. The number of ether oxygens (including phenoxy) is 1. The first kappa shape index (κ1) is 16.8. The predicted octanol–water partition coefficient (Wildman–Crippen LogP) is 3.40. The van der Waals surface area contributed by atoms with E-state index in [4.69, 9.17) is 4.74 Å². The van der Waals surface area contributed by atoms with Crippen molar-refractivity contribution in [1.82, 2.24) is 10.3 Å². The number of rotatable bonds is 5. The standard InChI is InChI=1S/C15H21BrN2O2S/c1-3-20-14(19)15(17-2)8-4-5-12(9-15)21-13-7-6-11(16)10-18-13/h6-7,10,12,17H,3-5,8-9H2,1-2H3. The molecule has 0 amide bonds. The third-order valence-corrected chi connectivity index (χ3v) is 5.53. The summed E-state index contributed by atoms with van der Waals surface area (Å²) in [6.07, 6.45) is 5.55. The van der Waals surface area contributed by atoms with Crippen LogP contribution in [0.25, 0.3) is 0 Å². The maximum atomic E-state index is 12.3. The van der Waals surface area contributed by atoms with Crippen LogP contribution >= 0.6 is 27.7 Å². The van der Waals surface area contributed by atoms with Gasteiger partial charge in [-0.3, -0.25) is 4.79 Å². The second-order valence-electron chi connectivity index (χ2n) is 5.20. The molecule has 116 valence electrons. The molecule has 1 heterocycles. The number of carbonyl (C=O) groups excluding carboxylic acids is 1. The van der Waals surface area contributed by atoms with Crippen LogP contribution in [0.1, 0.15) is 32.6 Å². The van der Waals surface area contributed by atoms with Crippen molar-refractivity contribution in [3.8, 4) is 0 Å². The van der Waals surface area contributed by atoms with Crippen LogP contribution in [0.5, 0.6) is 0 Å². The molecule has 0 radical (unpaired) electrons. The van der Waals surface area contributed by atoms with E-state index in [0.29, 0.717) is 11.9 Å². The van der Waals surface area contributed by atoms with Crippen LogP contribution in [0.4, 0.5) is 0 Å². The summed E-state index contributed by atoms with van der Waals surface area (Å²) in [4.78, 5) is 16.7. The van der Waals surface area contributed by atoms with Crippen LogP contribution in [0.2, 0.25) is 0 Å². The summed E-state index contributed by atoms with van der Waals surface area (Å²) in [5, 5.41) is 4.59. The fourth-order valence-electron chi connectivity index (χ4n) is 2.71. The molecule has 2 rings (SSSR count). The smallest absolute Gasteiger partial charge is 0.326 e. The van der Waals surface area contributed by atoms with Crippen molar-refractivity contribution in [2.45, 2.75) is 48.4 Å². The molecule has 1 aliphatic carbocycles. The van der Waals surface area contributed by atoms with Crippen LogP contribution in [0, 0.1) is 0 Å². The zero-order valence-corrected chi connectivity index (χ0v) is 14.8. The van der Waals surface area contributed by atoms with Crippen LogP contribution in [0.3, 0.4) is 0 Å². The lowest BCUT2D eigenvalue weighted by atomic mass is 9.81. The van der Waals surface area contributed by atoms with Gasteiger partial charge >= 0.3 is 5.97 Å². The van der Waals surface area contributed by atoms with E-state index in [0.717, 1.165) is 35.2 Å². The molecule has 4 nitrogen and oxygen atoms in total. The van der Waals surface area contributed by atoms with Gasteiger partial charge in [0, 0.05) is 15.9 Å². The Morgan fingerprint density at radius 3 is 3.05 bits per heavy atom. The Kier molecular flexibility index (Phi) is 6.08. The van der Waals surface area contributed by atoms with Gasteiger partial charge in [0.2, 0.25) is 0 Å². The highest BCUT2D eigenvalue weighted by atomic mass is 79.9. The molecule has 2 atom stereocenters. The van der Waals surface area contributed by atoms with Gasteiger partial charge in [0.15, 0.2) is 0 Å². The number of hydrogen-bond donors (Lipinski definition) is 1. The summed E-state index contributed by atoms with van der Waals surface area (Å²) in [6, 6.07) is 4.00. The predicted molar refractivity (Wildman–Crippen MR) is 88.5 cm³/mol. The highest BCUT2D eigenvalue weighted by molar-refractivity contribution is 9.10. The normalized spacial score (nSPS) is 25.6. The average Bonchev–Trinajstić information content (AvgIpc) is 2.50. The van der Waals surface area contributed by atoms with E-state index in [1.807, 2.05) is 32.3 Å². The van der Waals surface area contributed by atoms with Crippen LogP contribution in [0.15, 0.2) is 27.8 Å². The number of halogens is 1. The van der Waals surface area contributed by atoms with Gasteiger partial charge in [-0.1, -0.05) is 0 Å². The summed E-state index contributed by atoms with van der Waals surface area (Å²) in [5.74, 6) is -0.124. The molecule has 1 aromatic rings. The van der Waals surface area contributed by atoms with E-state index in [1.54, 1.807) is 11.8 Å². The molecule has 6 heteroatoms. The van der Waals surface area contributed by atoms with Crippen molar-refractivity contribution in [3.05, 3.63) is 22.8 Å². The number of nitrogens with zero attached hydrogens (tertiary/aromatic N) is 1. The summed E-state index contributed by atoms with van der Waals surface area (Å²) in [7, 11) is 1.85. The molecule has 1 N–H and O–H groups in total. The van der Waals surface area contributed by atoms with Crippen molar-refractivity contribution in [3.63, 3.8) is 0 Å². The molecule has 1 aromatic heterocycles. The minimum absolute atomic E-state index is 0.124. The molecule has 0 spiro atoms. The third-order valence-electron chi connectivity index (χ3n) is 3.84. The quantitative estimate of drug-likeness (QED) is 0.802. The highest BCUT2D eigenvalue weighted by Crippen LogP contribution is 2.38. The second kappa shape index (κ2) is 7.61. The Hall–Kier alpha value is -0.590. The number of aromatic nitrogens is 1. The lowest BCUT2D eigenvalue weighted by molar-refractivity contribution is -0.152. The molecule has 1 fully saturated rings. The lowest BCUT2D eigenvalue weighted by Crippen LogP contribution is -2.54. The Labute approximate surface area is 138 Å². The molecular formula is C15H21BrN2O2S. The maximum Gasteiger partial charge on any atom is 0.326 e. The fraction of sp³-hybridized carbons (Fsp3) is 0.600. The first-order valence-electron chi connectivity index (χ1n) is 7.24. The minimum atomic E-state index is -0.540. The second-order valence-corrected chi connectivity index (χ2v) is 7.44. The van der Waals surface area contributed by atoms with Gasteiger partial charge in [0.1, 0.15) is 5.54 Å². The minimum Gasteiger partial charge on any atom is -0.465 e. The molecular weight excluding hydrogens is 352 g/mol. The molecule has 0 saturated heterocycles. The summed E-state index contributed by atoms with van der Waals surface area (Å²) < 4.78 is 6.24. The Balaban J connectivity index is 2.05. The zero-order chi connectivity index (χ0) is 15.3. The van der Waals surface area contributed by atoms with Gasteiger partial charge < -0.3 is 10.1 Å². The Bertz CT molecular complexity index is 483. The van der Waals surface area contributed by atoms with Crippen molar-refractivity contribution < 1.29 is 9.53 Å². The number of pyridine rings is 1. The topological polar surface area (TPSA) is 51.2 Å². The summed E-state index contributed by atoms with van der Waals surface area (Å²) in [5.41, 5.74) is -0.540.